The number of nitrogens with zero attached hydrogens (tertiary/aromatic N) is 1. The third-order valence-electron chi connectivity index (χ3n) is 3.44. The van der Waals surface area contributed by atoms with Crippen LogP contribution in [-0.4, -0.2) is 18.1 Å². The highest BCUT2D eigenvalue weighted by atomic mass is 32.1. The van der Waals surface area contributed by atoms with Gasteiger partial charge in [0.1, 0.15) is 5.75 Å². The molecule has 1 aliphatic carbocycles. The first kappa shape index (κ1) is 11.8. The summed E-state index contributed by atoms with van der Waals surface area (Å²) < 4.78 is 6.69. The van der Waals surface area contributed by atoms with Gasteiger partial charge in [-0.05, 0) is 43.4 Å². The summed E-state index contributed by atoms with van der Waals surface area (Å²) in [5, 5.41) is 4.47. The molecule has 1 fully saturated rings. The van der Waals surface area contributed by atoms with Gasteiger partial charge in [-0.25, -0.2) is 4.98 Å². The van der Waals surface area contributed by atoms with E-state index >= 15 is 0 Å². The second-order valence-electron chi connectivity index (χ2n) is 5.25. The molecule has 0 radical (unpaired) electrons. The first-order valence-corrected chi connectivity index (χ1v) is 7.27. The van der Waals surface area contributed by atoms with Crippen molar-refractivity contribution in [1.82, 2.24) is 4.98 Å². The molecular formula is C14H18N2OS. The van der Waals surface area contributed by atoms with Crippen LogP contribution in [0.2, 0.25) is 0 Å². The number of aromatic nitrogens is 1. The zero-order chi connectivity index (χ0) is 12.6. The predicted molar refractivity (Wildman–Crippen MR) is 76.6 cm³/mol. The van der Waals surface area contributed by atoms with Gasteiger partial charge in [-0.3, -0.25) is 0 Å². The van der Waals surface area contributed by atoms with Crippen LogP contribution >= 0.6 is 11.3 Å². The smallest absolute Gasteiger partial charge is 0.183 e. The van der Waals surface area contributed by atoms with Crippen LogP contribution in [-0.2, 0) is 0 Å². The molecule has 0 atom stereocenters. The van der Waals surface area contributed by atoms with Gasteiger partial charge in [-0.2, -0.15) is 0 Å². The molecule has 1 saturated carbocycles. The lowest BCUT2D eigenvalue weighted by Crippen LogP contribution is -2.11. The standard InChI is InChI=1S/C14H18N2OS/c1-3-17-10-4-5-11-12(8-10)18-13(16-11)15-9-14(2)6-7-14/h4-5,8H,3,6-7,9H2,1-2H3,(H,15,16). The minimum atomic E-state index is 0.508. The van der Waals surface area contributed by atoms with Crippen LogP contribution in [0, 0.1) is 5.41 Å². The fourth-order valence-electron chi connectivity index (χ4n) is 1.92. The molecule has 2 aromatic rings. The summed E-state index contributed by atoms with van der Waals surface area (Å²) in [6.07, 6.45) is 2.67. The summed E-state index contributed by atoms with van der Waals surface area (Å²) in [7, 11) is 0. The van der Waals surface area contributed by atoms with E-state index in [1.165, 1.54) is 17.5 Å². The first-order chi connectivity index (χ1) is 8.68. The van der Waals surface area contributed by atoms with E-state index in [1.54, 1.807) is 11.3 Å². The molecule has 3 rings (SSSR count). The second kappa shape index (κ2) is 4.43. The van der Waals surface area contributed by atoms with Gasteiger partial charge in [0.15, 0.2) is 5.13 Å². The number of hydrogen-bond acceptors (Lipinski definition) is 4. The van der Waals surface area contributed by atoms with Crippen molar-refractivity contribution in [2.75, 3.05) is 18.5 Å². The number of ether oxygens (including phenoxy) is 1. The molecule has 1 aromatic heterocycles. The first-order valence-electron chi connectivity index (χ1n) is 6.46. The molecule has 18 heavy (non-hydrogen) atoms. The largest absolute Gasteiger partial charge is 0.494 e. The van der Waals surface area contributed by atoms with Crippen molar-refractivity contribution in [3.8, 4) is 5.75 Å². The molecule has 4 heteroatoms. The van der Waals surface area contributed by atoms with Crippen molar-refractivity contribution in [2.45, 2.75) is 26.7 Å². The van der Waals surface area contributed by atoms with Crippen molar-refractivity contribution in [3.63, 3.8) is 0 Å². The lowest BCUT2D eigenvalue weighted by Gasteiger charge is -2.07. The minimum absolute atomic E-state index is 0.508. The van der Waals surface area contributed by atoms with E-state index < -0.39 is 0 Å². The molecule has 0 saturated heterocycles. The maximum Gasteiger partial charge on any atom is 0.183 e. The SMILES string of the molecule is CCOc1ccc2nc(NCC3(C)CC3)sc2c1. The van der Waals surface area contributed by atoms with Crippen LogP contribution in [0.25, 0.3) is 10.2 Å². The van der Waals surface area contributed by atoms with Crippen LogP contribution in [0.5, 0.6) is 5.75 Å². The monoisotopic (exact) mass is 262 g/mol. The number of hydrogen-bond donors (Lipinski definition) is 1. The van der Waals surface area contributed by atoms with Gasteiger partial charge in [0.25, 0.3) is 0 Å². The average Bonchev–Trinajstić information content (AvgIpc) is 2.95. The summed E-state index contributed by atoms with van der Waals surface area (Å²) >= 11 is 1.70. The summed E-state index contributed by atoms with van der Waals surface area (Å²) in [5.74, 6) is 0.925. The highest BCUT2D eigenvalue weighted by Gasteiger charge is 2.36. The Kier molecular flexibility index (Phi) is 2.90. The molecule has 96 valence electrons. The van der Waals surface area contributed by atoms with E-state index in [9.17, 15) is 0 Å². The number of benzene rings is 1. The zero-order valence-corrected chi connectivity index (χ0v) is 11.6. The molecular weight excluding hydrogens is 244 g/mol. The number of rotatable bonds is 5. The Morgan fingerprint density at radius 3 is 3.00 bits per heavy atom. The van der Waals surface area contributed by atoms with Gasteiger partial charge in [0.05, 0.1) is 16.8 Å². The number of fused-ring (bicyclic) bond motifs is 1. The van der Waals surface area contributed by atoms with E-state index in [-0.39, 0.29) is 0 Å². The van der Waals surface area contributed by atoms with Crippen molar-refractivity contribution in [3.05, 3.63) is 18.2 Å². The second-order valence-corrected chi connectivity index (χ2v) is 6.28. The zero-order valence-electron chi connectivity index (χ0n) is 10.8. The molecule has 0 unspecified atom stereocenters. The Morgan fingerprint density at radius 2 is 2.28 bits per heavy atom. The van der Waals surface area contributed by atoms with Crippen LogP contribution in [0.15, 0.2) is 18.2 Å². The van der Waals surface area contributed by atoms with Gasteiger partial charge >= 0.3 is 0 Å². The highest BCUT2D eigenvalue weighted by molar-refractivity contribution is 7.22. The van der Waals surface area contributed by atoms with E-state index in [0.717, 1.165) is 22.9 Å². The summed E-state index contributed by atoms with van der Waals surface area (Å²) in [5.41, 5.74) is 1.56. The van der Waals surface area contributed by atoms with Crippen LogP contribution in [0.1, 0.15) is 26.7 Å². The third kappa shape index (κ3) is 2.43. The fourth-order valence-corrected chi connectivity index (χ4v) is 2.81. The molecule has 3 nitrogen and oxygen atoms in total. The predicted octanol–water partition coefficient (Wildman–Crippen LogP) is 3.91. The molecule has 0 spiro atoms. The van der Waals surface area contributed by atoms with E-state index in [1.807, 2.05) is 19.1 Å². The normalized spacial score (nSPS) is 16.8. The van der Waals surface area contributed by atoms with Gasteiger partial charge in [0, 0.05) is 6.54 Å². The average molecular weight is 262 g/mol. The highest BCUT2D eigenvalue weighted by Crippen LogP contribution is 2.45. The summed E-state index contributed by atoms with van der Waals surface area (Å²) in [6, 6.07) is 6.08. The Bertz CT molecular complexity index is 560. The Hall–Kier alpha value is -1.29. The maximum atomic E-state index is 5.51. The number of anilines is 1. The molecule has 1 aromatic carbocycles. The molecule has 1 aliphatic rings. The molecule has 0 amide bonds. The number of nitrogens with one attached hydrogen (secondary N) is 1. The van der Waals surface area contributed by atoms with E-state index in [0.29, 0.717) is 12.0 Å². The van der Waals surface area contributed by atoms with Crippen LogP contribution in [0.3, 0.4) is 0 Å². The van der Waals surface area contributed by atoms with Gasteiger partial charge in [-0.1, -0.05) is 18.3 Å². The summed E-state index contributed by atoms with van der Waals surface area (Å²) in [6.45, 7) is 6.06. The maximum absolute atomic E-state index is 5.51. The lowest BCUT2D eigenvalue weighted by atomic mass is 10.1. The Labute approximate surface area is 111 Å². The lowest BCUT2D eigenvalue weighted by molar-refractivity contribution is 0.341. The molecule has 0 aliphatic heterocycles. The van der Waals surface area contributed by atoms with Crippen molar-refractivity contribution in [1.29, 1.82) is 0 Å². The molecule has 1 N–H and O–H groups in total. The van der Waals surface area contributed by atoms with E-state index in [2.05, 4.69) is 23.3 Å². The van der Waals surface area contributed by atoms with Crippen LogP contribution < -0.4 is 10.1 Å². The minimum Gasteiger partial charge on any atom is -0.494 e. The van der Waals surface area contributed by atoms with Crippen LogP contribution in [0.4, 0.5) is 5.13 Å². The van der Waals surface area contributed by atoms with Crippen molar-refractivity contribution in [2.24, 2.45) is 5.41 Å². The molecule has 0 bridgehead atoms. The van der Waals surface area contributed by atoms with Crippen molar-refractivity contribution >= 4 is 26.7 Å². The Balaban J connectivity index is 1.77. The fraction of sp³-hybridized carbons (Fsp3) is 0.500. The van der Waals surface area contributed by atoms with E-state index in [4.69, 9.17) is 4.74 Å². The quantitative estimate of drug-likeness (QED) is 0.887. The van der Waals surface area contributed by atoms with Gasteiger partial charge < -0.3 is 10.1 Å². The Morgan fingerprint density at radius 1 is 1.44 bits per heavy atom. The van der Waals surface area contributed by atoms with Crippen molar-refractivity contribution < 1.29 is 4.74 Å². The topological polar surface area (TPSA) is 34.1 Å². The molecule has 1 heterocycles. The van der Waals surface area contributed by atoms with Gasteiger partial charge in [0.2, 0.25) is 0 Å². The van der Waals surface area contributed by atoms with Gasteiger partial charge in [-0.15, -0.1) is 0 Å². The number of thiazole rings is 1. The summed E-state index contributed by atoms with van der Waals surface area (Å²) in [4.78, 5) is 4.60. The third-order valence-corrected chi connectivity index (χ3v) is 4.42.